The van der Waals surface area contributed by atoms with Crippen molar-refractivity contribution in [2.45, 2.75) is 43.0 Å². The topological polar surface area (TPSA) is 96.0 Å². The number of nitrogens with two attached hydrogens (primary N) is 1. The first-order valence-electron chi connectivity index (χ1n) is 7.40. The first-order valence-corrected chi connectivity index (χ1v) is 9.26. The van der Waals surface area contributed by atoms with Crippen LogP contribution < -0.4 is 10.5 Å². The molecule has 1 atom stereocenters. The molecule has 1 saturated carbocycles. The zero-order valence-electron chi connectivity index (χ0n) is 12.3. The Labute approximate surface area is 136 Å². The minimum atomic E-state index is -3.82. The molecule has 0 aromatic heterocycles. The van der Waals surface area contributed by atoms with Crippen molar-refractivity contribution in [2.24, 2.45) is 11.7 Å². The third kappa shape index (κ3) is 3.79. The van der Waals surface area contributed by atoms with Crippen LogP contribution in [0, 0.1) is 17.2 Å². The summed E-state index contributed by atoms with van der Waals surface area (Å²) in [5, 5.41) is 9.28. The fourth-order valence-electron chi connectivity index (χ4n) is 2.97. The molecule has 1 unspecified atom stereocenters. The minimum Gasteiger partial charge on any atom is -0.329 e. The highest BCUT2D eigenvalue weighted by atomic mass is 35.5. The van der Waals surface area contributed by atoms with Crippen LogP contribution in [0.25, 0.3) is 0 Å². The standard InChI is InChI=1S/C15H20ClN3O2S/c16-13-7-4-8-15(12(13)9-17)22(20,21)19-14(10-18)11-5-2-1-3-6-11/h4,7-8,11,14,19H,1-3,5-6,10,18H2. The van der Waals surface area contributed by atoms with Crippen LogP contribution in [0.1, 0.15) is 37.7 Å². The van der Waals surface area contributed by atoms with E-state index in [9.17, 15) is 8.42 Å². The molecule has 5 nitrogen and oxygen atoms in total. The van der Waals surface area contributed by atoms with E-state index in [0.29, 0.717) is 0 Å². The van der Waals surface area contributed by atoms with Gasteiger partial charge < -0.3 is 5.73 Å². The van der Waals surface area contributed by atoms with Crippen LogP contribution in [0.15, 0.2) is 23.1 Å². The van der Waals surface area contributed by atoms with Crippen molar-refractivity contribution in [3.63, 3.8) is 0 Å². The summed E-state index contributed by atoms with van der Waals surface area (Å²) in [7, 11) is -3.82. The fraction of sp³-hybridized carbons (Fsp3) is 0.533. The van der Waals surface area contributed by atoms with E-state index >= 15 is 0 Å². The van der Waals surface area contributed by atoms with Crippen molar-refractivity contribution in [3.8, 4) is 6.07 Å². The number of nitrogens with zero attached hydrogens (tertiary/aromatic N) is 1. The van der Waals surface area contributed by atoms with Gasteiger partial charge in [-0.15, -0.1) is 0 Å². The van der Waals surface area contributed by atoms with Gasteiger partial charge in [0.1, 0.15) is 11.0 Å². The van der Waals surface area contributed by atoms with Gasteiger partial charge in [0.05, 0.1) is 10.6 Å². The highest BCUT2D eigenvalue weighted by Gasteiger charge is 2.29. The van der Waals surface area contributed by atoms with Crippen molar-refractivity contribution in [1.82, 2.24) is 4.72 Å². The smallest absolute Gasteiger partial charge is 0.242 e. The van der Waals surface area contributed by atoms with E-state index in [1.807, 2.05) is 6.07 Å². The highest BCUT2D eigenvalue weighted by molar-refractivity contribution is 7.89. The molecule has 0 aliphatic heterocycles. The number of benzene rings is 1. The second kappa shape index (κ2) is 7.42. The molecule has 2 rings (SSSR count). The normalized spacial score (nSPS) is 17.9. The lowest BCUT2D eigenvalue weighted by Gasteiger charge is -2.30. The summed E-state index contributed by atoms with van der Waals surface area (Å²) in [4.78, 5) is -0.0863. The second-order valence-electron chi connectivity index (χ2n) is 5.59. The molecule has 3 N–H and O–H groups in total. The van der Waals surface area contributed by atoms with Crippen molar-refractivity contribution in [3.05, 3.63) is 28.8 Å². The summed E-state index contributed by atoms with van der Waals surface area (Å²) in [6.45, 7) is 0.242. The van der Waals surface area contributed by atoms with Gasteiger partial charge in [-0.2, -0.15) is 5.26 Å². The van der Waals surface area contributed by atoms with Gasteiger partial charge in [0.2, 0.25) is 10.0 Å². The Morgan fingerprint density at radius 2 is 2.05 bits per heavy atom. The minimum absolute atomic E-state index is 0.0314. The summed E-state index contributed by atoms with van der Waals surface area (Å²) in [5.41, 5.74) is 5.74. The van der Waals surface area contributed by atoms with Crippen molar-refractivity contribution in [1.29, 1.82) is 5.26 Å². The zero-order valence-corrected chi connectivity index (χ0v) is 13.8. The van der Waals surface area contributed by atoms with Crippen molar-refractivity contribution >= 4 is 21.6 Å². The first kappa shape index (κ1) is 17.2. The molecule has 22 heavy (non-hydrogen) atoms. The van der Waals surface area contributed by atoms with Crippen LogP contribution in [-0.2, 0) is 10.0 Å². The molecule has 0 heterocycles. The van der Waals surface area contributed by atoms with E-state index in [1.54, 1.807) is 0 Å². The number of nitriles is 1. The number of halogens is 1. The van der Waals surface area contributed by atoms with Crippen LogP contribution in [0.5, 0.6) is 0 Å². The third-order valence-electron chi connectivity index (χ3n) is 4.16. The lowest BCUT2D eigenvalue weighted by atomic mass is 9.84. The molecule has 1 aliphatic carbocycles. The maximum absolute atomic E-state index is 12.6. The van der Waals surface area contributed by atoms with Gasteiger partial charge in [0.25, 0.3) is 0 Å². The summed E-state index contributed by atoms with van der Waals surface area (Å²) in [5.74, 6) is 0.248. The molecule has 120 valence electrons. The summed E-state index contributed by atoms with van der Waals surface area (Å²) < 4.78 is 27.9. The van der Waals surface area contributed by atoms with E-state index in [4.69, 9.17) is 22.6 Å². The van der Waals surface area contributed by atoms with Crippen molar-refractivity contribution < 1.29 is 8.42 Å². The highest BCUT2D eigenvalue weighted by Crippen LogP contribution is 2.28. The lowest BCUT2D eigenvalue weighted by Crippen LogP contribution is -2.45. The number of sulfonamides is 1. The lowest BCUT2D eigenvalue weighted by molar-refractivity contribution is 0.294. The fourth-order valence-corrected chi connectivity index (χ4v) is 4.74. The molecule has 1 aromatic carbocycles. The first-order chi connectivity index (χ1) is 10.5. The molecule has 0 amide bonds. The van der Waals surface area contributed by atoms with Gasteiger partial charge in [-0.05, 0) is 30.9 Å². The molecule has 0 saturated heterocycles. The Hall–Kier alpha value is -1.13. The predicted molar refractivity (Wildman–Crippen MR) is 85.9 cm³/mol. The molecule has 1 fully saturated rings. The van der Waals surface area contributed by atoms with Gasteiger partial charge in [-0.1, -0.05) is 36.9 Å². The van der Waals surface area contributed by atoms with Crippen LogP contribution in [-0.4, -0.2) is 21.0 Å². The summed E-state index contributed by atoms with van der Waals surface area (Å²) >= 11 is 5.92. The second-order valence-corrected chi connectivity index (χ2v) is 7.68. The van der Waals surface area contributed by atoms with E-state index in [1.165, 1.54) is 24.6 Å². The van der Waals surface area contributed by atoms with Gasteiger partial charge >= 0.3 is 0 Å². The van der Waals surface area contributed by atoms with Crippen molar-refractivity contribution in [2.75, 3.05) is 6.54 Å². The number of nitrogens with one attached hydrogen (secondary N) is 1. The Morgan fingerprint density at radius 3 is 2.64 bits per heavy atom. The van der Waals surface area contributed by atoms with E-state index in [0.717, 1.165) is 25.7 Å². The van der Waals surface area contributed by atoms with Crippen LogP contribution in [0.3, 0.4) is 0 Å². The number of hydrogen-bond acceptors (Lipinski definition) is 4. The molecule has 1 aromatic rings. The van der Waals surface area contributed by atoms with Gasteiger partial charge in [-0.3, -0.25) is 0 Å². The largest absolute Gasteiger partial charge is 0.329 e. The molecule has 1 aliphatic rings. The van der Waals surface area contributed by atoms with Crippen LogP contribution >= 0.6 is 11.6 Å². The molecule has 7 heteroatoms. The quantitative estimate of drug-likeness (QED) is 0.859. The number of hydrogen-bond donors (Lipinski definition) is 2. The zero-order chi connectivity index (χ0) is 16.2. The number of rotatable bonds is 5. The monoisotopic (exact) mass is 341 g/mol. The Balaban J connectivity index is 2.27. The molecule has 0 spiro atoms. The van der Waals surface area contributed by atoms with Gasteiger partial charge in [0, 0.05) is 12.6 Å². The van der Waals surface area contributed by atoms with Crippen LogP contribution in [0.2, 0.25) is 5.02 Å². The Kier molecular flexibility index (Phi) is 5.81. The van der Waals surface area contributed by atoms with E-state index in [-0.39, 0.29) is 34.0 Å². The van der Waals surface area contributed by atoms with E-state index < -0.39 is 10.0 Å². The van der Waals surface area contributed by atoms with Crippen LogP contribution in [0.4, 0.5) is 0 Å². The summed E-state index contributed by atoms with van der Waals surface area (Å²) in [6, 6.07) is 5.96. The van der Waals surface area contributed by atoms with E-state index in [2.05, 4.69) is 4.72 Å². The molecule has 0 bridgehead atoms. The molecule has 0 radical (unpaired) electrons. The third-order valence-corrected chi connectivity index (χ3v) is 6.00. The van der Waals surface area contributed by atoms with Gasteiger partial charge in [-0.25, -0.2) is 13.1 Å². The Bertz CT molecular complexity index is 664. The molecular weight excluding hydrogens is 322 g/mol. The average molecular weight is 342 g/mol. The average Bonchev–Trinajstić information content (AvgIpc) is 2.53. The maximum atomic E-state index is 12.6. The molecular formula is C15H20ClN3O2S. The predicted octanol–water partition coefficient (Wildman–Crippen LogP) is 2.40. The summed E-state index contributed by atoms with van der Waals surface area (Å²) in [6.07, 6.45) is 5.34. The van der Waals surface area contributed by atoms with Gasteiger partial charge in [0.15, 0.2) is 0 Å². The Morgan fingerprint density at radius 1 is 1.36 bits per heavy atom. The SMILES string of the molecule is N#Cc1c(Cl)cccc1S(=O)(=O)NC(CN)C1CCCCC1. The maximum Gasteiger partial charge on any atom is 0.242 e.